The zero-order chi connectivity index (χ0) is 40.7. The number of ether oxygens (including phenoxy) is 4. The zero-order valence-electron chi connectivity index (χ0n) is 37.2. The maximum atomic E-state index is 12.5. The van der Waals surface area contributed by atoms with Gasteiger partial charge in [-0.05, 0) is 52.9 Å². The highest BCUT2D eigenvalue weighted by Gasteiger charge is 2.24. The molecule has 0 spiro atoms. The molecule has 1 unspecified atom stereocenters. The Balaban J connectivity index is 4.36. The number of nitrogens with one attached hydrogen (secondary N) is 2. The number of hydrogen-bond acceptors (Lipinski definition) is 7. The normalized spacial score (nSPS) is 13.4. The van der Waals surface area contributed by atoms with Gasteiger partial charge in [0.25, 0.3) is 0 Å². The van der Waals surface area contributed by atoms with Crippen LogP contribution in [0, 0.1) is 0 Å². The summed E-state index contributed by atoms with van der Waals surface area (Å²) in [5.41, 5.74) is -1.14. The summed E-state index contributed by atoms with van der Waals surface area (Å²) in [6, 6.07) is 0. The van der Waals surface area contributed by atoms with Gasteiger partial charge in [0.05, 0.1) is 24.4 Å². The van der Waals surface area contributed by atoms with E-state index in [0.717, 1.165) is 25.7 Å². The van der Waals surface area contributed by atoms with E-state index in [9.17, 15) is 14.7 Å². The summed E-state index contributed by atoms with van der Waals surface area (Å²) in [7, 11) is 0. The summed E-state index contributed by atoms with van der Waals surface area (Å²) in [5, 5.41) is 15.6. The molecule has 2 atom stereocenters. The van der Waals surface area contributed by atoms with Crippen LogP contribution in [-0.4, -0.2) is 80.5 Å². The van der Waals surface area contributed by atoms with E-state index in [2.05, 4.69) is 31.4 Å². The number of carbonyl (C=O) groups is 2. The lowest BCUT2D eigenvalue weighted by Crippen LogP contribution is -2.37. The van der Waals surface area contributed by atoms with E-state index in [0.29, 0.717) is 45.8 Å². The minimum absolute atomic E-state index is 0.123. The molecule has 0 saturated heterocycles. The van der Waals surface area contributed by atoms with Gasteiger partial charge in [0.2, 0.25) is 5.91 Å². The molecule has 0 aromatic rings. The molecule has 0 bridgehead atoms. The molecule has 0 aliphatic heterocycles. The van der Waals surface area contributed by atoms with Crippen molar-refractivity contribution in [2.45, 2.75) is 239 Å². The Morgan fingerprint density at radius 3 is 1.51 bits per heavy atom. The first-order chi connectivity index (χ1) is 26.5. The van der Waals surface area contributed by atoms with Crippen LogP contribution in [-0.2, 0) is 23.7 Å². The van der Waals surface area contributed by atoms with Gasteiger partial charge in [-0.2, -0.15) is 0 Å². The molecular weight excluding hydrogens is 693 g/mol. The SMILES string of the molecule is CCCCCCCCCCCCCCOC[C@H](COC(=O)NCCC(=O)NCCC(C)(CC)OCCC(C)(C)O)OCCCCCCCCCCCCCC. The molecule has 0 fully saturated rings. The van der Waals surface area contributed by atoms with E-state index in [1.54, 1.807) is 13.8 Å². The molecule has 9 nitrogen and oxygen atoms in total. The fraction of sp³-hybridized carbons (Fsp3) is 0.957. The molecular formula is C46H92N2O7. The molecule has 0 rings (SSSR count). The molecule has 0 aliphatic rings. The van der Waals surface area contributed by atoms with Crippen LogP contribution in [0.4, 0.5) is 4.79 Å². The van der Waals surface area contributed by atoms with Gasteiger partial charge in [-0.3, -0.25) is 4.79 Å². The fourth-order valence-corrected chi connectivity index (χ4v) is 6.55. The predicted octanol–water partition coefficient (Wildman–Crippen LogP) is 11.8. The van der Waals surface area contributed by atoms with Crippen molar-refractivity contribution in [3.63, 3.8) is 0 Å². The maximum absolute atomic E-state index is 12.5. The Hall–Kier alpha value is -1.42. The van der Waals surface area contributed by atoms with E-state index in [1.165, 1.54) is 135 Å². The monoisotopic (exact) mass is 785 g/mol. The van der Waals surface area contributed by atoms with Crippen LogP contribution in [0.1, 0.15) is 221 Å². The van der Waals surface area contributed by atoms with Crippen molar-refractivity contribution in [2.24, 2.45) is 0 Å². The average Bonchev–Trinajstić information content (AvgIpc) is 3.14. The van der Waals surface area contributed by atoms with E-state index in [1.807, 2.05) is 6.92 Å². The number of aliphatic hydroxyl groups is 1. The third-order valence-electron chi connectivity index (χ3n) is 10.7. The number of unbranched alkanes of at least 4 members (excludes halogenated alkanes) is 22. The highest BCUT2D eigenvalue weighted by atomic mass is 16.6. The van der Waals surface area contributed by atoms with Gasteiger partial charge in [-0.25, -0.2) is 4.79 Å². The van der Waals surface area contributed by atoms with Crippen molar-refractivity contribution in [2.75, 3.05) is 46.1 Å². The minimum atomic E-state index is -0.767. The lowest BCUT2D eigenvalue weighted by atomic mass is 9.98. The Kier molecular flexibility index (Phi) is 37.1. The van der Waals surface area contributed by atoms with Crippen LogP contribution in [0.3, 0.4) is 0 Å². The Bertz CT molecular complexity index is 853. The highest BCUT2D eigenvalue weighted by molar-refractivity contribution is 5.76. The molecule has 9 heteroatoms. The van der Waals surface area contributed by atoms with Gasteiger partial charge in [0.1, 0.15) is 12.7 Å². The standard InChI is InChI=1S/C46H92N2O7/c1-7-10-12-14-16-18-20-22-24-26-28-30-37-52-40-42(53-38-31-29-27-25-23-21-19-17-15-13-11-8-2)41-54-44(50)48-35-32-43(49)47-36-33-46(6,9-3)55-39-34-45(4,5)51/h42,51H,7-41H2,1-6H3,(H,47,49)(H,48,50)/t42-,46?/m1/s1. The van der Waals surface area contributed by atoms with Crippen molar-refractivity contribution in [1.82, 2.24) is 10.6 Å². The van der Waals surface area contributed by atoms with Crippen LogP contribution in [0.2, 0.25) is 0 Å². The summed E-state index contributed by atoms with van der Waals surface area (Å²) in [6.45, 7) is 15.2. The Morgan fingerprint density at radius 1 is 0.564 bits per heavy atom. The van der Waals surface area contributed by atoms with Crippen LogP contribution in [0.15, 0.2) is 0 Å². The number of carbonyl (C=O) groups excluding carboxylic acids is 2. The summed E-state index contributed by atoms with van der Waals surface area (Å²) in [6.07, 6.45) is 32.6. The van der Waals surface area contributed by atoms with Crippen LogP contribution in [0.5, 0.6) is 0 Å². The second kappa shape index (κ2) is 38.1. The zero-order valence-corrected chi connectivity index (χ0v) is 37.2. The number of amides is 2. The lowest BCUT2D eigenvalue weighted by Gasteiger charge is -2.30. The quantitative estimate of drug-likeness (QED) is 0.0528. The van der Waals surface area contributed by atoms with E-state index >= 15 is 0 Å². The molecule has 0 aliphatic carbocycles. The van der Waals surface area contributed by atoms with E-state index in [-0.39, 0.29) is 37.2 Å². The molecule has 3 N–H and O–H groups in total. The largest absolute Gasteiger partial charge is 0.447 e. The molecule has 328 valence electrons. The van der Waals surface area contributed by atoms with Crippen LogP contribution >= 0.6 is 0 Å². The lowest BCUT2D eigenvalue weighted by molar-refractivity contribution is -0.121. The Labute approximate surface area is 340 Å². The minimum Gasteiger partial charge on any atom is -0.447 e. The second-order valence-corrected chi connectivity index (χ2v) is 16.9. The number of hydrogen-bond donors (Lipinski definition) is 3. The summed E-state index contributed by atoms with van der Waals surface area (Å²) < 4.78 is 23.7. The maximum Gasteiger partial charge on any atom is 0.407 e. The molecule has 0 aromatic carbocycles. The molecule has 0 heterocycles. The molecule has 0 radical (unpaired) electrons. The third kappa shape index (κ3) is 39.2. The first-order valence-corrected chi connectivity index (χ1v) is 23.3. The van der Waals surface area contributed by atoms with Crippen molar-refractivity contribution >= 4 is 12.0 Å². The summed E-state index contributed by atoms with van der Waals surface area (Å²) >= 11 is 0. The fourth-order valence-electron chi connectivity index (χ4n) is 6.55. The average molecular weight is 785 g/mol. The van der Waals surface area contributed by atoms with Gasteiger partial charge in [-0.1, -0.05) is 162 Å². The van der Waals surface area contributed by atoms with Gasteiger partial charge in [0.15, 0.2) is 0 Å². The van der Waals surface area contributed by atoms with Crippen molar-refractivity contribution < 1.29 is 33.6 Å². The molecule has 55 heavy (non-hydrogen) atoms. The van der Waals surface area contributed by atoms with Gasteiger partial charge in [-0.15, -0.1) is 0 Å². The van der Waals surface area contributed by atoms with Gasteiger partial charge in [0, 0.05) is 32.7 Å². The second-order valence-electron chi connectivity index (χ2n) is 16.9. The summed E-state index contributed by atoms with van der Waals surface area (Å²) in [5.74, 6) is -0.134. The van der Waals surface area contributed by atoms with Gasteiger partial charge >= 0.3 is 6.09 Å². The van der Waals surface area contributed by atoms with Gasteiger partial charge < -0.3 is 34.7 Å². The van der Waals surface area contributed by atoms with Crippen LogP contribution < -0.4 is 10.6 Å². The Morgan fingerprint density at radius 2 is 1.04 bits per heavy atom. The number of alkyl carbamates (subject to hydrolysis) is 1. The predicted molar refractivity (Wildman–Crippen MR) is 230 cm³/mol. The summed E-state index contributed by atoms with van der Waals surface area (Å²) in [4.78, 5) is 24.9. The number of rotatable bonds is 42. The first-order valence-electron chi connectivity index (χ1n) is 23.3. The highest BCUT2D eigenvalue weighted by Crippen LogP contribution is 2.21. The topological polar surface area (TPSA) is 115 Å². The molecule has 0 saturated carbocycles. The first kappa shape index (κ1) is 53.6. The third-order valence-corrected chi connectivity index (χ3v) is 10.7. The van der Waals surface area contributed by atoms with E-state index in [4.69, 9.17) is 18.9 Å². The molecule has 2 amide bonds. The van der Waals surface area contributed by atoms with E-state index < -0.39 is 11.7 Å². The van der Waals surface area contributed by atoms with Crippen molar-refractivity contribution in [3.05, 3.63) is 0 Å². The van der Waals surface area contributed by atoms with Crippen LogP contribution in [0.25, 0.3) is 0 Å². The smallest absolute Gasteiger partial charge is 0.407 e. The van der Waals surface area contributed by atoms with Crippen molar-refractivity contribution in [3.8, 4) is 0 Å². The molecule has 0 aromatic heterocycles. The van der Waals surface area contributed by atoms with Crippen molar-refractivity contribution in [1.29, 1.82) is 0 Å².